The van der Waals surface area contributed by atoms with Gasteiger partial charge in [0.15, 0.2) is 0 Å². The zero-order valence-corrected chi connectivity index (χ0v) is 13.1. The first-order valence-electron chi connectivity index (χ1n) is 7.75. The van der Waals surface area contributed by atoms with E-state index in [-0.39, 0.29) is 11.4 Å². The molecule has 0 N–H and O–H groups in total. The SMILES string of the molecule is COCC1=CCC2C3C1C2(C)CCCC3(C)C(=O)OC. The molecule has 3 nitrogen and oxygen atoms in total. The van der Waals surface area contributed by atoms with Crippen LogP contribution >= 0.6 is 0 Å². The zero-order valence-electron chi connectivity index (χ0n) is 13.1. The average Bonchev–Trinajstić information content (AvgIpc) is 2.64. The van der Waals surface area contributed by atoms with Crippen molar-refractivity contribution in [2.24, 2.45) is 28.6 Å². The van der Waals surface area contributed by atoms with E-state index in [0.29, 0.717) is 29.8 Å². The molecular weight excluding hydrogens is 252 g/mol. The number of rotatable bonds is 3. The lowest BCUT2D eigenvalue weighted by molar-refractivity contribution is -0.182. The second-order valence-electron chi connectivity index (χ2n) is 7.33. The molecule has 2 fully saturated rings. The Labute approximate surface area is 121 Å². The van der Waals surface area contributed by atoms with Gasteiger partial charge in [-0.15, -0.1) is 0 Å². The van der Waals surface area contributed by atoms with Crippen molar-refractivity contribution in [3.8, 4) is 0 Å². The average molecular weight is 278 g/mol. The van der Waals surface area contributed by atoms with Gasteiger partial charge in [-0.25, -0.2) is 0 Å². The summed E-state index contributed by atoms with van der Waals surface area (Å²) in [4.78, 5) is 12.4. The number of esters is 1. The van der Waals surface area contributed by atoms with Crippen LogP contribution in [0.1, 0.15) is 39.5 Å². The number of allylic oxidation sites excluding steroid dienone is 1. The van der Waals surface area contributed by atoms with Crippen LogP contribution in [0.25, 0.3) is 0 Å². The van der Waals surface area contributed by atoms with Crippen molar-refractivity contribution in [3.63, 3.8) is 0 Å². The maximum Gasteiger partial charge on any atom is 0.311 e. The van der Waals surface area contributed by atoms with Gasteiger partial charge in [-0.3, -0.25) is 4.79 Å². The molecule has 2 saturated carbocycles. The molecule has 4 bridgehead atoms. The number of ether oxygens (including phenoxy) is 2. The van der Waals surface area contributed by atoms with Crippen LogP contribution in [0.15, 0.2) is 11.6 Å². The van der Waals surface area contributed by atoms with Crippen molar-refractivity contribution in [2.45, 2.75) is 39.5 Å². The monoisotopic (exact) mass is 278 g/mol. The first kappa shape index (κ1) is 14.1. The summed E-state index contributed by atoms with van der Waals surface area (Å²) in [5.41, 5.74) is 1.48. The summed E-state index contributed by atoms with van der Waals surface area (Å²) in [7, 11) is 3.29. The van der Waals surface area contributed by atoms with Gasteiger partial charge in [-0.2, -0.15) is 0 Å². The Morgan fingerprint density at radius 1 is 1.35 bits per heavy atom. The van der Waals surface area contributed by atoms with Crippen molar-refractivity contribution >= 4 is 5.97 Å². The molecule has 4 rings (SSSR count). The molecule has 112 valence electrons. The van der Waals surface area contributed by atoms with Gasteiger partial charge >= 0.3 is 5.97 Å². The smallest absolute Gasteiger partial charge is 0.311 e. The highest BCUT2D eigenvalue weighted by molar-refractivity contribution is 5.77. The third-order valence-electron chi connectivity index (χ3n) is 6.49. The number of hydrogen-bond donors (Lipinski definition) is 0. The Balaban J connectivity index is 1.99. The minimum Gasteiger partial charge on any atom is -0.469 e. The lowest BCUT2D eigenvalue weighted by Crippen LogP contribution is -2.63. The molecule has 4 aliphatic carbocycles. The number of fused-ring (bicyclic) bond motifs is 1. The van der Waals surface area contributed by atoms with E-state index < -0.39 is 0 Å². The maximum atomic E-state index is 12.4. The van der Waals surface area contributed by atoms with Gasteiger partial charge in [-0.1, -0.05) is 19.4 Å². The summed E-state index contributed by atoms with van der Waals surface area (Å²) in [5.74, 6) is 1.57. The fourth-order valence-electron chi connectivity index (χ4n) is 5.58. The summed E-state index contributed by atoms with van der Waals surface area (Å²) in [6.45, 7) is 5.26. The molecule has 0 amide bonds. The van der Waals surface area contributed by atoms with E-state index in [4.69, 9.17) is 9.47 Å². The van der Waals surface area contributed by atoms with E-state index in [0.717, 1.165) is 19.3 Å². The molecule has 5 unspecified atom stereocenters. The Morgan fingerprint density at radius 3 is 2.75 bits per heavy atom. The molecule has 0 aromatic carbocycles. The molecule has 0 aromatic rings. The van der Waals surface area contributed by atoms with Crippen LogP contribution in [0.5, 0.6) is 0 Å². The third-order valence-corrected chi connectivity index (χ3v) is 6.49. The van der Waals surface area contributed by atoms with Crippen LogP contribution in [0.2, 0.25) is 0 Å². The molecule has 0 aliphatic heterocycles. The summed E-state index contributed by atoms with van der Waals surface area (Å²) in [5, 5.41) is 0. The van der Waals surface area contributed by atoms with Gasteiger partial charge in [0.2, 0.25) is 0 Å². The van der Waals surface area contributed by atoms with Crippen molar-refractivity contribution in [2.75, 3.05) is 20.8 Å². The predicted octanol–water partition coefficient (Wildman–Crippen LogP) is 3.19. The number of hydrogen-bond acceptors (Lipinski definition) is 3. The maximum absolute atomic E-state index is 12.4. The Morgan fingerprint density at radius 2 is 2.10 bits per heavy atom. The number of carbonyl (C=O) groups is 1. The van der Waals surface area contributed by atoms with Gasteiger partial charge < -0.3 is 9.47 Å². The normalized spacial score (nSPS) is 46.0. The lowest BCUT2D eigenvalue weighted by Gasteiger charge is -2.66. The molecule has 20 heavy (non-hydrogen) atoms. The molecule has 0 saturated heterocycles. The van der Waals surface area contributed by atoms with E-state index >= 15 is 0 Å². The van der Waals surface area contributed by atoms with E-state index in [2.05, 4.69) is 19.9 Å². The van der Waals surface area contributed by atoms with Gasteiger partial charge in [-0.05, 0) is 54.9 Å². The van der Waals surface area contributed by atoms with Gasteiger partial charge in [0.1, 0.15) is 0 Å². The first-order valence-corrected chi connectivity index (χ1v) is 7.75. The molecule has 0 spiro atoms. The summed E-state index contributed by atoms with van der Waals surface area (Å²) in [6, 6.07) is 0. The number of methoxy groups -OCH3 is 2. The van der Waals surface area contributed by atoms with Crippen molar-refractivity contribution in [1.82, 2.24) is 0 Å². The quantitative estimate of drug-likeness (QED) is 0.587. The van der Waals surface area contributed by atoms with Crippen LogP contribution in [0.3, 0.4) is 0 Å². The second-order valence-corrected chi connectivity index (χ2v) is 7.33. The summed E-state index contributed by atoms with van der Waals surface area (Å²) >= 11 is 0. The minimum absolute atomic E-state index is 0.0138. The molecule has 0 aromatic heterocycles. The fraction of sp³-hybridized carbons (Fsp3) is 0.824. The summed E-state index contributed by atoms with van der Waals surface area (Å²) < 4.78 is 10.5. The van der Waals surface area contributed by atoms with Gasteiger partial charge in [0.05, 0.1) is 19.1 Å². The van der Waals surface area contributed by atoms with Crippen molar-refractivity contribution in [3.05, 3.63) is 11.6 Å². The van der Waals surface area contributed by atoms with Crippen molar-refractivity contribution in [1.29, 1.82) is 0 Å². The van der Waals surface area contributed by atoms with Crippen LogP contribution in [0.4, 0.5) is 0 Å². The third kappa shape index (κ3) is 1.59. The highest BCUT2D eigenvalue weighted by Gasteiger charge is 2.68. The summed E-state index contributed by atoms with van der Waals surface area (Å²) in [6.07, 6.45) is 6.79. The molecular formula is C17H26O3. The standard InChI is InChI=1S/C17H26O3/c1-16-8-5-9-17(2,15(18)20-4)14-12(16)7-6-11(10-19-3)13(14)16/h6,12-14H,5,7-10H2,1-4H3. The highest BCUT2D eigenvalue weighted by atomic mass is 16.5. The van der Waals surface area contributed by atoms with E-state index in [9.17, 15) is 4.79 Å². The van der Waals surface area contributed by atoms with Crippen LogP contribution < -0.4 is 0 Å². The predicted molar refractivity (Wildman–Crippen MR) is 77.1 cm³/mol. The Bertz CT molecular complexity index is 455. The van der Waals surface area contributed by atoms with Gasteiger partial charge in [0, 0.05) is 7.11 Å². The van der Waals surface area contributed by atoms with Crippen LogP contribution in [-0.2, 0) is 14.3 Å². The largest absolute Gasteiger partial charge is 0.469 e. The van der Waals surface area contributed by atoms with Crippen LogP contribution in [0, 0.1) is 28.6 Å². The lowest BCUT2D eigenvalue weighted by atomic mass is 9.38. The Hall–Kier alpha value is -0.830. The number of carbonyl (C=O) groups excluding carboxylic acids is 1. The topological polar surface area (TPSA) is 35.5 Å². The molecule has 3 heteroatoms. The van der Waals surface area contributed by atoms with Gasteiger partial charge in [0.25, 0.3) is 0 Å². The molecule has 4 aliphatic rings. The van der Waals surface area contributed by atoms with E-state index in [1.807, 2.05) is 0 Å². The van der Waals surface area contributed by atoms with Crippen molar-refractivity contribution < 1.29 is 14.3 Å². The minimum atomic E-state index is -0.312. The highest BCUT2D eigenvalue weighted by Crippen LogP contribution is 2.72. The molecule has 0 radical (unpaired) electrons. The fourth-order valence-corrected chi connectivity index (χ4v) is 5.58. The zero-order chi connectivity index (χ0) is 14.5. The molecule has 5 atom stereocenters. The Kier molecular flexibility index (Phi) is 3.24. The molecule has 0 heterocycles. The van der Waals surface area contributed by atoms with E-state index in [1.54, 1.807) is 7.11 Å². The van der Waals surface area contributed by atoms with E-state index in [1.165, 1.54) is 19.1 Å². The van der Waals surface area contributed by atoms with Crippen LogP contribution in [-0.4, -0.2) is 26.8 Å². The first-order chi connectivity index (χ1) is 9.49. The second kappa shape index (κ2) is 4.59.